The lowest BCUT2D eigenvalue weighted by molar-refractivity contribution is -0.117. The van der Waals surface area contributed by atoms with Gasteiger partial charge in [-0.25, -0.2) is 4.98 Å². The smallest absolute Gasteiger partial charge is 0.226 e. The van der Waals surface area contributed by atoms with Crippen molar-refractivity contribution in [3.63, 3.8) is 0 Å². The number of aliphatic hydroxyl groups is 1. The Morgan fingerprint density at radius 2 is 1.92 bits per heavy atom. The second-order valence-corrected chi connectivity index (χ2v) is 10.0. The fourth-order valence-electron chi connectivity index (χ4n) is 5.17. The predicted octanol–water partition coefficient (Wildman–Crippen LogP) is 4.87. The van der Waals surface area contributed by atoms with Crippen LogP contribution in [0.1, 0.15) is 41.5 Å². The van der Waals surface area contributed by atoms with Gasteiger partial charge in [0.2, 0.25) is 11.8 Å². The number of carbonyl (C=O) groups is 1. The number of hydrogen-bond acceptors (Lipinski definition) is 5. The van der Waals surface area contributed by atoms with Gasteiger partial charge >= 0.3 is 0 Å². The van der Waals surface area contributed by atoms with Crippen LogP contribution in [0.4, 0.5) is 0 Å². The molecule has 1 fully saturated rings. The highest BCUT2D eigenvalue weighted by Crippen LogP contribution is 2.39. The van der Waals surface area contributed by atoms with E-state index in [9.17, 15) is 9.90 Å². The highest BCUT2D eigenvalue weighted by atomic mass is 35.5. The van der Waals surface area contributed by atoms with Crippen molar-refractivity contribution in [2.45, 2.75) is 37.7 Å². The van der Waals surface area contributed by atoms with Gasteiger partial charge in [0.25, 0.3) is 0 Å². The second kappa shape index (κ2) is 10.4. The van der Waals surface area contributed by atoms with Crippen LogP contribution in [0.15, 0.2) is 66.9 Å². The molecular weight excluding hydrogens is 474 g/mol. The van der Waals surface area contributed by atoms with Crippen molar-refractivity contribution in [1.82, 2.24) is 9.88 Å². The van der Waals surface area contributed by atoms with Crippen molar-refractivity contribution < 1.29 is 14.6 Å². The highest BCUT2D eigenvalue weighted by Gasteiger charge is 2.33. The lowest BCUT2D eigenvalue weighted by atomic mass is 9.84. The van der Waals surface area contributed by atoms with Gasteiger partial charge in [0.1, 0.15) is 5.75 Å². The van der Waals surface area contributed by atoms with Crippen LogP contribution in [0.5, 0.6) is 11.6 Å². The van der Waals surface area contributed by atoms with Crippen LogP contribution in [0, 0.1) is 0 Å². The average Bonchev–Trinajstić information content (AvgIpc) is 3.03. The number of likely N-dealkylation sites (tertiary alicyclic amines) is 1. The Kier molecular flexibility index (Phi) is 7.10. The Morgan fingerprint density at radius 1 is 1.14 bits per heavy atom. The molecule has 6 nitrogen and oxygen atoms in total. The van der Waals surface area contributed by atoms with Crippen molar-refractivity contribution in [1.29, 1.82) is 0 Å². The fourth-order valence-corrected chi connectivity index (χ4v) is 5.29. The first-order chi connectivity index (χ1) is 17.4. The topological polar surface area (TPSA) is 88.7 Å². The number of primary amides is 1. The molecule has 1 aromatic heterocycles. The van der Waals surface area contributed by atoms with E-state index in [1.54, 1.807) is 6.20 Å². The molecule has 3 heterocycles. The van der Waals surface area contributed by atoms with E-state index in [0.29, 0.717) is 30.2 Å². The summed E-state index contributed by atoms with van der Waals surface area (Å²) in [6.45, 7) is 2.55. The predicted molar refractivity (Wildman–Crippen MR) is 141 cm³/mol. The Morgan fingerprint density at radius 3 is 2.67 bits per heavy atom. The second-order valence-electron chi connectivity index (χ2n) is 9.57. The molecule has 2 aliphatic rings. The van der Waals surface area contributed by atoms with Gasteiger partial charge in [-0.2, -0.15) is 0 Å². The average molecular weight is 504 g/mol. The van der Waals surface area contributed by atoms with Crippen molar-refractivity contribution >= 4 is 23.1 Å². The van der Waals surface area contributed by atoms with Crippen LogP contribution in [0.25, 0.3) is 5.57 Å². The molecule has 0 bridgehead atoms. The zero-order valence-electron chi connectivity index (χ0n) is 20.1. The fraction of sp³-hybridized carbons (Fsp3) is 0.310. The number of ether oxygens (including phenoxy) is 1. The van der Waals surface area contributed by atoms with Gasteiger partial charge in [0.15, 0.2) is 0 Å². The number of pyridine rings is 1. The van der Waals surface area contributed by atoms with Crippen LogP contribution in [0.3, 0.4) is 0 Å². The molecule has 36 heavy (non-hydrogen) atoms. The summed E-state index contributed by atoms with van der Waals surface area (Å²) in [4.78, 5) is 18.5. The van der Waals surface area contributed by atoms with Crippen molar-refractivity contribution in [3.8, 4) is 11.6 Å². The molecule has 0 unspecified atom stereocenters. The van der Waals surface area contributed by atoms with Gasteiger partial charge < -0.3 is 20.5 Å². The first kappa shape index (κ1) is 24.5. The number of fused-ring (bicyclic) bond motifs is 2. The summed E-state index contributed by atoms with van der Waals surface area (Å²) in [5.74, 6) is 0.928. The Hall–Kier alpha value is -3.19. The summed E-state index contributed by atoms with van der Waals surface area (Å²) >= 11 is 6.01. The van der Waals surface area contributed by atoms with Gasteiger partial charge in [0.05, 0.1) is 12.0 Å². The molecule has 0 aliphatic carbocycles. The van der Waals surface area contributed by atoms with E-state index in [2.05, 4.69) is 16.0 Å². The SMILES string of the molecule is NC(=O)Cc1cccc2c1C/C(=C/CCN1CCC(O)(c3ccc(Cl)cc3)CC1)c1cccnc1O2. The maximum Gasteiger partial charge on any atom is 0.226 e. The van der Waals surface area contributed by atoms with Gasteiger partial charge in [0, 0.05) is 48.4 Å². The minimum atomic E-state index is -0.802. The number of rotatable bonds is 6. The highest BCUT2D eigenvalue weighted by molar-refractivity contribution is 6.30. The van der Waals surface area contributed by atoms with Crippen LogP contribution in [-0.4, -0.2) is 40.5 Å². The van der Waals surface area contributed by atoms with E-state index in [1.807, 2.05) is 54.6 Å². The number of hydrogen-bond donors (Lipinski definition) is 2. The van der Waals surface area contributed by atoms with Crippen molar-refractivity contribution in [3.05, 3.63) is 94.1 Å². The van der Waals surface area contributed by atoms with E-state index in [4.69, 9.17) is 22.1 Å². The van der Waals surface area contributed by atoms with Crippen molar-refractivity contribution in [2.24, 2.45) is 5.73 Å². The van der Waals surface area contributed by atoms with Gasteiger partial charge in [-0.05, 0) is 66.3 Å². The minimum absolute atomic E-state index is 0.174. The summed E-state index contributed by atoms with van der Waals surface area (Å²) in [5.41, 5.74) is 9.59. The van der Waals surface area contributed by atoms with E-state index in [1.165, 1.54) is 0 Å². The maximum atomic E-state index is 11.7. The van der Waals surface area contributed by atoms with E-state index >= 15 is 0 Å². The molecule has 2 aromatic carbocycles. The molecule has 0 saturated carbocycles. The number of amides is 1. The number of piperidine rings is 1. The van der Waals surface area contributed by atoms with Gasteiger partial charge in [-0.15, -0.1) is 0 Å². The summed E-state index contributed by atoms with van der Waals surface area (Å²) in [6.07, 6.45) is 7.04. The summed E-state index contributed by atoms with van der Waals surface area (Å²) < 4.78 is 6.17. The van der Waals surface area contributed by atoms with Gasteiger partial charge in [-0.1, -0.05) is 41.9 Å². The molecule has 0 radical (unpaired) electrons. The number of carbonyl (C=O) groups excluding carboxylic acids is 1. The summed E-state index contributed by atoms with van der Waals surface area (Å²) in [7, 11) is 0. The maximum absolute atomic E-state index is 11.7. The lowest BCUT2D eigenvalue weighted by Crippen LogP contribution is -2.42. The summed E-state index contributed by atoms with van der Waals surface area (Å²) in [5, 5.41) is 11.8. The molecule has 186 valence electrons. The molecule has 3 aromatic rings. The number of nitrogens with two attached hydrogens (primary N) is 1. The molecule has 5 rings (SSSR count). The number of aromatic nitrogens is 1. The third-order valence-corrected chi connectivity index (χ3v) is 7.44. The van der Waals surface area contributed by atoms with E-state index in [-0.39, 0.29) is 12.3 Å². The number of halogens is 1. The first-order valence-electron chi connectivity index (χ1n) is 12.3. The molecule has 2 aliphatic heterocycles. The first-order valence-corrected chi connectivity index (χ1v) is 12.7. The molecule has 7 heteroatoms. The molecule has 1 saturated heterocycles. The normalized spacial score (nSPS) is 18.1. The Balaban J connectivity index is 1.30. The Labute approximate surface area is 216 Å². The Bertz CT molecular complexity index is 1280. The quantitative estimate of drug-likeness (QED) is 0.501. The van der Waals surface area contributed by atoms with Gasteiger partial charge in [-0.3, -0.25) is 4.79 Å². The summed E-state index contributed by atoms with van der Waals surface area (Å²) in [6, 6.07) is 17.2. The van der Waals surface area contributed by atoms with Crippen molar-refractivity contribution in [2.75, 3.05) is 19.6 Å². The van der Waals surface area contributed by atoms with E-state index in [0.717, 1.165) is 59.6 Å². The van der Waals surface area contributed by atoms with E-state index < -0.39 is 5.60 Å². The third-order valence-electron chi connectivity index (χ3n) is 7.19. The van der Waals surface area contributed by atoms with Crippen LogP contribution < -0.4 is 10.5 Å². The largest absolute Gasteiger partial charge is 0.438 e. The standard InChI is InChI=1S/C29H30ClN3O3/c30-23-10-8-22(9-11-23)29(35)12-16-33(17-13-29)15-3-5-20-18-25-21(19-27(31)34)4-1-7-26(25)36-28-24(20)6-2-14-32-28/h1-2,4-11,14,35H,3,12-13,15-19H2,(H2,31,34)/b20-5-. The molecule has 1 amide bonds. The zero-order valence-corrected chi connectivity index (χ0v) is 20.9. The monoisotopic (exact) mass is 503 g/mol. The molecule has 0 atom stereocenters. The lowest BCUT2D eigenvalue weighted by Gasteiger charge is -2.38. The molecule has 3 N–H and O–H groups in total. The van der Waals surface area contributed by atoms with Crippen LogP contribution in [-0.2, 0) is 23.2 Å². The molecular formula is C29H30ClN3O3. The van der Waals surface area contributed by atoms with Crippen LogP contribution >= 0.6 is 11.6 Å². The zero-order chi connectivity index (χ0) is 25.1. The third kappa shape index (κ3) is 5.31. The number of allylic oxidation sites excluding steroid dienone is 1. The number of nitrogens with zero attached hydrogens (tertiary/aromatic N) is 2. The van der Waals surface area contributed by atoms with Crippen LogP contribution in [0.2, 0.25) is 5.02 Å². The number of benzene rings is 2. The molecule has 0 spiro atoms. The minimum Gasteiger partial charge on any atom is -0.438 e.